The minimum atomic E-state index is -1.19. The largest absolute Gasteiger partial charge is 0.478 e. The van der Waals surface area contributed by atoms with Gasteiger partial charge in [-0.3, -0.25) is 9.59 Å². The Morgan fingerprint density at radius 1 is 1.00 bits per heavy atom. The summed E-state index contributed by atoms with van der Waals surface area (Å²) in [7, 11) is 0. The maximum atomic E-state index is 12.5. The topological polar surface area (TPSA) is 95.9 Å². The molecule has 0 atom stereocenters. The second-order valence-corrected chi connectivity index (χ2v) is 6.31. The number of hydrogen-bond donors (Lipinski definition) is 2. The highest BCUT2D eigenvalue weighted by molar-refractivity contribution is 6.34. The molecule has 0 saturated carbocycles. The van der Waals surface area contributed by atoms with Crippen LogP contribution in [-0.2, 0) is 4.74 Å². The highest BCUT2D eigenvalue weighted by Gasteiger charge is 2.21. The van der Waals surface area contributed by atoms with Crippen molar-refractivity contribution in [3.63, 3.8) is 0 Å². The summed E-state index contributed by atoms with van der Waals surface area (Å²) in [5.41, 5.74) is 0.640. The first-order valence-electron chi connectivity index (χ1n) is 8.27. The third-order valence-corrected chi connectivity index (χ3v) is 4.47. The van der Waals surface area contributed by atoms with Crippen molar-refractivity contribution in [3.05, 3.63) is 64.2 Å². The molecule has 1 aliphatic heterocycles. The maximum Gasteiger partial charge on any atom is 0.336 e. The average molecular weight is 389 g/mol. The number of amides is 2. The Morgan fingerprint density at radius 3 is 2.30 bits per heavy atom. The number of ether oxygens (including phenoxy) is 1. The van der Waals surface area contributed by atoms with Crippen LogP contribution >= 0.6 is 11.6 Å². The van der Waals surface area contributed by atoms with Gasteiger partial charge in [0.15, 0.2) is 0 Å². The van der Waals surface area contributed by atoms with Crippen LogP contribution in [0, 0.1) is 0 Å². The van der Waals surface area contributed by atoms with Gasteiger partial charge in [0, 0.05) is 18.8 Å². The van der Waals surface area contributed by atoms with Gasteiger partial charge in [0.1, 0.15) is 0 Å². The molecule has 1 aliphatic rings. The van der Waals surface area contributed by atoms with Gasteiger partial charge in [-0.2, -0.15) is 0 Å². The quantitative estimate of drug-likeness (QED) is 0.839. The molecule has 2 amide bonds. The Balaban J connectivity index is 1.77. The molecule has 2 N–H and O–H groups in total. The van der Waals surface area contributed by atoms with Crippen molar-refractivity contribution >= 4 is 35.1 Å². The minimum absolute atomic E-state index is 0.0367. The number of nitrogens with zero attached hydrogens (tertiary/aromatic N) is 1. The molecular weight excluding hydrogens is 372 g/mol. The molecule has 0 radical (unpaired) electrons. The Bertz CT molecular complexity index is 893. The van der Waals surface area contributed by atoms with E-state index in [0.717, 1.165) is 0 Å². The predicted octanol–water partition coefficient (Wildman–Crippen LogP) is 2.76. The number of benzene rings is 2. The van der Waals surface area contributed by atoms with Crippen LogP contribution in [0.3, 0.4) is 0 Å². The van der Waals surface area contributed by atoms with Crippen LogP contribution in [-0.4, -0.2) is 54.1 Å². The molecule has 0 unspecified atom stereocenters. The van der Waals surface area contributed by atoms with Crippen LogP contribution in [0.5, 0.6) is 0 Å². The minimum Gasteiger partial charge on any atom is -0.478 e. The lowest BCUT2D eigenvalue weighted by molar-refractivity contribution is 0.0303. The van der Waals surface area contributed by atoms with E-state index in [1.807, 2.05) is 0 Å². The number of hydrogen-bond acceptors (Lipinski definition) is 4. The number of rotatable bonds is 4. The molecule has 0 aliphatic carbocycles. The Hall–Kier alpha value is -2.90. The monoisotopic (exact) mass is 388 g/mol. The van der Waals surface area contributed by atoms with Crippen molar-refractivity contribution in [2.75, 3.05) is 31.6 Å². The lowest BCUT2D eigenvalue weighted by Crippen LogP contribution is -2.40. The zero-order valence-corrected chi connectivity index (χ0v) is 15.0. The number of carbonyl (C=O) groups excluding carboxylic acids is 2. The van der Waals surface area contributed by atoms with Gasteiger partial charge in [-0.15, -0.1) is 0 Å². The van der Waals surface area contributed by atoms with Crippen molar-refractivity contribution < 1.29 is 24.2 Å². The lowest BCUT2D eigenvalue weighted by Gasteiger charge is -2.27. The maximum absolute atomic E-state index is 12.5. The van der Waals surface area contributed by atoms with E-state index in [9.17, 15) is 19.5 Å². The summed E-state index contributed by atoms with van der Waals surface area (Å²) >= 11 is 6.23. The Morgan fingerprint density at radius 2 is 1.67 bits per heavy atom. The number of halogens is 1. The number of anilines is 1. The summed E-state index contributed by atoms with van der Waals surface area (Å²) in [6.07, 6.45) is 0. The molecule has 27 heavy (non-hydrogen) atoms. The van der Waals surface area contributed by atoms with E-state index < -0.39 is 11.9 Å². The van der Waals surface area contributed by atoms with Gasteiger partial charge in [0.2, 0.25) is 0 Å². The normalized spacial score (nSPS) is 13.9. The van der Waals surface area contributed by atoms with Crippen molar-refractivity contribution in [3.8, 4) is 0 Å². The third-order valence-electron chi connectivity index (χ3n) is 4.16. The van der Waals surface area contributed by atoms with Gasteiger partial charge in [-0.05, 0) is 30.3 Å². The molecule has 1 heterocycles. The number of morpholine rings is 1. The van der Waals surface area contributed by atoms with Gasteiger partial charge in [0.05, 0.1) is 34.9 Å². The van der Waals surface area contributed by atoms with Gasteiger partial charge in [-0.1, -0.05) is 23.7 Å². The van der Waals surface area contributed by atoms with Crippen LogP contribution in [0.4, 0.5) is 5.69 Å². The molecule has 2 aromatic carbocycles. The van der Waals surface area contributed by atoms with E-state index in [0.29, 0.717) is 37.6 Å². The summed E-state index contributed by atoms with van der Waals surface area (Å²) < 4.78 is 5.23. The Kier molecular flexibility index (Phi) is 5.73. The molecular formula is C19H17ClN2O5. The van der Waals surface area contributed by atoms with Gasteiger partial charge in [0.25, 0.3) is 11.8 Å². The molecule has 0 aromatic heterocycles. The highest BCUT2D eigenvalue weighted by atomic mass is 35.5. The second kappa shape index (κ2) is 8.20. The number of carbonyl (C=O) groups is 3. The van der Waals surface area contributed by atoms with Crippen LogP contribution < -0.4 is 5.32 Å². The Labute approximate surface area is 160 Å². The summed E-state index contributed by atoms with van der Waals surface area (Å²) in [5.74, 6) is -1.96. The molecule has 0 spiro atoms. The highest BCUT2D eigenvalue weighted by Crippen LogP contribution is 2.23. The second-order valence-electron chi connectivity index (χ2n) is 5.90. The standard InChI is InChI=1S/C19H17ClN2O5/c20-16-11-12(5-6-15(16)18(24)22-7-9-27-10-8-22)21-17(23)13-3-1-2-4-14(13)19(25)26/h1-6,11H,7-10H2,(H,21,23)(H,25,26). The SMILES string of the molecule is O=C(O)c1ccccc1C(=O)Nc1ccc(C(=O)N2CCOCC2)c(Cl)c1. The van der Waals surface area contributed by atoms with Crippen LogP contribution in [0.15, 0.2) is 42.5 Å². The third kappa shape index (κ3) is 4.27. The molecule has 1 fully saturated rings. The van der Waals surface area contributed by atoms with Crippen molar-refractivity contribution in [1.29, 1.82) is 0 Å². The van der Waals surface area contributed by atoms with Crippen LogP contribution in [0.2, 0.25) is 5.02 Å². The predicted molar refractivity (Wildman–Crippen MR) is 99.5 cm³/mol. The van der Waals surface area contributed by atoms with E-state index in [-0.39, 0.29) is 22.1 Å². The fourth-order valence-electron chi connectivity index (χ4n) is 2.77. The summed E-state index contributed by atoms with van der Waals surface area (Å²) in [5, 5.41) is 12.0. The number of aromatic carboxylic acids is 1. The van der Waals surface area contributed by atoms with Crippen molar-refractivity contribution in [1.82, 2.24) is 4.90 Å². The van der Waals surface area contributed by atoms with Crippen LogP contribution in [0.25, 0.3) is 0 Å². The molecule has 2 aromatic rings. The number of nitrogens with one attached hydrogen (secondary N) is 1. The lowest BCUT2D eigenvalue weighted by atomic mass is 10.1. The summed E-state index contributed by atoms with van der Waals surface area (Å²) in [6.45, 7) is 1.97. The van der Waals surface area contributed by atoms with Gasteiger partial charge < -0.3 is 20.1 Å². The average Bonchev–Trinajstić information content (AvgIpc) is 2.68. The van der Waals surface area contributed by atoms with Crippen molar-refractivity contribution in [2.24, 2.45) is 0 Å². The molecule has 140 valence electrons. The molecule has 8 heteroatoms. The fourth-order valence-corrected chi connectivity index (χ4v) is 3.03. The number of carboxylic acids is 1. The van der Waals surface area contributed by atoms with Gasteiger partial charge >= 0.3 is 5.97 Å². The molecule has 3 rings (SSSR count). The van der Waals surface area contributed by atoms with Crippen LogP contribution in [0.1, 0.15) is 31.1 Å². The van der Waals surface area contributed by atoms with E-state index in [4.69, 9.17) is 16.3 Å². The van der Waals surface area contributed by atoms with E-state index in [2.05, 4.69) is 5.32 Å². The molecule has 7 nitrogen and oxygen atoms in total. The molecule has 0 bridgehead atoms. The fraction of sp³-hybridized carbons (Fsp3) is 0.211. The molecule has 1 saturated heterocycles. The van der Waals surface area contributed by atoms with Crippen molar-refractivity contribution in [2.45, 2.75) is 0 Å². The summed E-state index contributed by atoms with van der Waals surface area (Å²) in [6, 6.07) is 10.5. The summed E-state index contributed by atoms with van der Waals surface area (Å²) in [4.78, 5) is 37.8. The van der Waals surface area contributed by atoms with E-state index in [1.54, 1.807) is 29.2 Å². The first-order chi connectivity index (χ1) is 13.0. The first kappa shape index (κ1) is 18.9. The van der Waals surface area contributed by atoms with E-state index in [1.165, 1.54) is 18.2 Å². The smallest absolute Gasteiger partial charge is 0.336 e. The van der Waals surface area contributed by atoms with Gasteiger partial charge in [-0.25, -0.2) is 4.79 Å². The zero-order chi connectivity index (χ0) is 19.4. The number of carboxylic acid groups (broad SMARTS) is 1. The first-order valence-corrected chi connectivity index (χ1v) is 8.65. The zero-order valence-electron chi connectivity index (χ0n) is 14.3. The van der Waals surface area contributed by atoms with E-state index >= 15 is 0 Å².